The lowest BCUT2D eigenvalue weighted by Crippen LogP contribution is -2.43. The first kappa shape index (κ1) is 17.4. The molecule has 1 saturated heterocycles. The maximum Gasteiger partial charge on any atom is 0.0551 e. The van der Waals surface area contributed by atoms with Crippen LogP contribution in [0, 0.1) is 0 Å². The van der Waals surface area contributed by atoms with Gasteiger partial charge in [0.2, 0.25) is 0 Å². The number of rotatable bonds is 3. The van der Waals surface area contributed by atoms with Crippen molar-refractivity contribution in [1.82, 2.24) is 4.90 Å². The van der Waals surface area contributed by atoms with Gasteiger partial charge in [0.1, 0.15) is 0 Å². The van der Waals surface area contributed by atoms with Crippen molar-refractivity contribution < 1.29 is 0 Å². The van der Waals surface area contributed by atoms with Gasteiger partial charge < -0.3 is 4.90 Å². The Morgan fingerprint density at radius 3 is 2.44 bits per heavy atom. The van der Waals surface area contributed by atoms with Crippen LogP contribution in [0.5, 0.6) is 0 Å². The molecule has 138 valence electrons. The quantitative estimate of drug-likeness (QED) is 0.527. The average Bonchev–Trinajstić information content (AvgIpc) is 3.16. The molecule has 2 aromatic carbocycles. The van der Waals surface area contributed by atoms with Crippen molar-refractivity contribution in [1.29, 1.82) is 0 Å². The van der Waals surface area contributed by atoms with E-state index in [0.29, 0.717) is 6.04 Å². The van der Waals surface area contributed by atoms with Gasteiger partial charge >= 0.3 is 0 Å². The first-order valence-electron chi connectivity index (χ1n) is 9.72. The number of fused-ring (bicyclic) bond motifs is 2. The lowest BCUT2D eigenvalue weighted by molar-refractivity contribution is 0.206. The Kier molecular flexibility index (Phi) is 4.95. The van der Waals surface area contributed by atoms with Gasteiger partial charge in [-0.2, -0.15) is 0 Å². The summed E-state index contributed by atoms with van der Waals surface area (Å²) >= 11 is 3.85. The molecule has 0 amide bonds. The fraction of sp³-hybridized carbons (Fsp3) is 0.304. The zero-order valence-corrected chi connectivity index (χ0v) is 17.0. The van der Waals surface area contributed by atoms with E-state index in [-0.39, 0.29) is 0 Å². The Balaban J connectivity index is 1.41. The van der Waals surface area contributed by atoms with E-state index in [2.05, 4.69) is 75.8 Å². The standard InChI is InChI=1S/C23H24N2S2/c1-2-8-21-18(6-1)17-27-23-10-4-3-9-22(23)25(21)19-11-13-24(14-12-19)16-20-7-5-15-26-20/h1-10,15,19H,11-14,16-17H2. The van der Waals surface area contributed by atoms with Crippen LogP contribution in [0.4, 0.5) is 11.4 Å². The first-order chi connectivity index (χ1) is 13.4. The Morgan fingerprint density at radius 1 is 0.852 bits per heavy atom. The third-order valence-corrected chi connectivity index (χ3v) is 7.61. The number of likely N-dealkylation sites (tertiary alicyclic amines) is 1. The SMILES string of the molecule is c1csc(CN2CCC(N3c4ccccc4CSc4ccccc43)CC2)c1. The number of benzene rings is 2. The molecular weight excluding hydrogens is 368 g/mol. The van der Waals surface area contributed by atoms with Crippen LogP contribution in [0.2, 0.25) is 0 Å². The molecule has 0 bridgehead atoms. The van der Waals surface area contributed by atoms with Crippen molar-refractivity contribution in [3.63, 3.8) is 0 Å². The van der Waals surface area contributed by atoms with Crippen molar-refractivity contribution >= 4 is 34.5 Å². The van der Waals surface area contributed by atoms with E-state index in [1.807, 2.05) is 23.1 Å². The number of nitrogens with zero attached hydrogens (tertiary/aromatic N) is 2. The molecule has 2 nitrogen and oxygen atoms in total. The highest BCUT2D eigenvalue weighted by Gasteiger charge is 2.30. The van der Waals surface area contributed by atoms with Gasteiger partial charge in [-0.25, -0.2) is 0 Å². The van der Waals surface area contributed by atoms with Crippen LogP contribution in [0.15, 0.2) is 70.9 Å². The average molecular weight is 393 g/mol. The van der Waals surface area contributed by atoms with Crippen molar-refractivity contribution in [2.75, 3.05) is 18.0 Å². The summed E-state index contributed by atoms with van der Waals surface area (Å²) in [5, 5.41) is 2.19. The Labute approximate surface area is 169 Å². The van der Waals surface area contributed by atoms with Crippen LogP contribution >= 0.6 is 23.1 Å². The summed E-state index contributed by atoms with van der Waals surface area (Å²) < 4.78 is 0. The van der Waals surface area contributed by atoms with Crippen LogP contribution in [0.25, 0.3) is 0 Å². The topological polar surface area (TPSA) is 6.48 Å². The molecular formula is C23H24N2S2. The number of thioether (sulfide) groups is 1. The van der Waals surface area contributed by atoms with Crippen LogP contribution in [-0.4, -0.2) is 24.0 Å². The molecule has 5 rings (SSSR count). The second-order valence-corrected chi connectivity index (χ2v) is 9.39. The summed E-state index contributed by atoms with van der Waals surface area (Å²) in [5.41, 5.74) is 4.26. The number of hydrogen-bond donors (Lipinski definition) is 0. The molecule has 27 heavy (non-hydrogen) atoms. The van der Waals surface area contributed by atoms with E-state index in [1.54, 1.807) is 0 Å². The number of para-hydroxylation sites is 2. The third kappa shape index (κ3) is 3.54. The molecule has 0 spiro atoms. The molecule has 0 N–H and O–H groups in total. The normalized spacial score (nSPS) is 18.0. The van der Waals surface area contributed by atoms with E-state index in [9.17, 15) is 0 Å². The van der Waals surface area contributed by atoms with Crippen LogP contribution in [0.1, 0.15) is 23.3 Å². The smallest absolute Gasteiger partial charge is 0.0551 e. The minimum atomic E-state index is 0.575. The van der Waals surface area contributed by atoms with E-state index in [1.165, 1.54) is 52.6 Å². The second kappa shape index (κ2) is 7.70. The number of thiophene rings is 1. The second-order valence-electron chi connectivity index (χ2n) is 7.34. The number of anilines is 2. The minimum Gasteiger partial charge on any atom is -0.337 e. The molecule has 0 radical (unpaired) electrons. The summed E-state index contributed by atoms with van der Waals surface area (Å²) in [6, 6.07) is 22.9. The fourth-order valence-electron chi connectivity index (χ4n) is 4.28. The summed E-state index contributed by atoms with van der Waals surface area (Å²) in [6.07, 6.45) is 2.44. The Hall–Kier alpha value is -1.75. The van der Waals surface area contributed by atoms with E-state index >= 15 is 0 Å². The molecule has 1 fully saturated rings. The van der Waals surface area contributed by atoms with Crippen molar-refractivity contribution in [2.45, 2.75) is 36.1 Å². The van der Waals surface area contributed by atoms with Gasteiger partial charge in [-0.1, -0.05) is 36.4 Å². The molecule has 2 aliphatic heterocycles. The summed E-state index contributed by atoms with van der Waals surface area (Å²) in [7, 11) is 0. The molecule has 1 aromatic heterocycles. The van der Waals surface area contributed by atoms with Gasteiger partial charge in [0, 0.05) is 46.9 Å². The van der Waals surface area contributed by atoms with E-state index in [4.69, 9.17) is 0 Å². The number of hydrogen-bond acceptors (Lipinski definition) is 4. The predicted molar refractivity (Wildman–Crippen MR) is 117 cm³/mol. The monoisotopic (exact) mass is 392 g/mol. The lowest BCUT2D eigenvalue weighted by atomic mass is 10.00. The molecule has 2 aliphatic rings. The minimum absolute atomic E-state index is 0.575. The van der Waals surface area contributed by atoms with Gasteiger partial charge in [-0.3, -0.25) is 4.90 Å². The van der Waals surface area contributed by atoms with Gasteiger partial charge in [0.15, 0.2) is 0 Å². The summed E-state index contributed by atoms with van der Waals surface area (Å²) in [6.45, 7) is 3.46. The van der Waals surface area contributed by atoms with Crippen molar-refractivity contribution in [2.24, 2.45) is 0 Å². The van der Waals surface area contributed by atoms with E-state index < -0.39 is 0 Å². The maximum atomic E-state index is 2.65. The maximum absolute atomic E-state index is 2.65. The Bertz CT molecular complexity index is 851. The summed E-state index contributed by atoms with van der Waals surface area (Å²) in [5.74, 6) is 1.06. The molecule has 0 saturated carbocycles. The zero-order chi connectivity index (χ0) is 18.1. The highest BCUT2D eigenvalue weighted by atomic mass is 32.2. The van der Waals surface area contributed by atoms with Gasteiger partial charge in [0.25, 0.3) is 0 Å². The molecule has 0 aliphatic carbocycles. The van der Waals surface area contributed by atoms with Gasteiger partial charge in [-0.05, 0) is 48.1 Å². The summed E-state index contributed by atoms with van der Waals surface area (Å²) in [4.78, 5) is 8.16. The molecule has 0 unspecified atom stereocenters. The Morgan fingerprint density at radius 2 is 1.63 bits per heavy atom. The zero-order valence-electron chi connectivity index (χ0n) is 15.4. The predicted octanol–water partition coefficient (Wildman–Crippen LogP) is 6.16. The third-order valence-electron chi connectivity index (χ3n) is 5.64. The first-order valence-corrected chi connectivity index (χ1v) is 11.6. The van der Waals surface area contributed by atoms with E-state index in [0.717, 1.165) is 12.3 Å². The van der Waals surface area contributed by atoms with Crippen molar-refractivity contribution in [3.8, 4) is 0 Å². The molecule has 3 heterocycles. The molecule has 4 heteroatoms. The fourth-order valence-corrected chi connectivity index (χ4v) is 6.07. The largest absolute Gasteiger partial charge is 0.337 e. The van der Waals surface area contributed by atoms with Gasteiger partial charge in [0.05, 0.1) is 5.69 Å². The highest BCUT2D eigenvalue weighted by molar-refractivity contribution is 7.98. The van der Waals surface area contributed by atoms with Crippen LogP contribution in [0.3, 0.4) is 0 Å². The van der Waals surface area contributed by atoms with Crippen LogP contribution in [-0.2, 0) is 12.3 Å². The van der Waals surface area contributed by atoms with Crippen molar-refractivity contribution in [3.05, 3.63) is 76.5 Å². The van der Waals surface area contributed by atoms with Gasteiger partial charge in [-0.15, -0.1) is 23.1 Å². The van der Waals surface area contributed by atoms with Crippen LogP contribution < -0.4 is 4.90 Å². The number of piperidine rings is 1. The molecule has 0 atom stereocenters. The molecule has 3 aromatic rings. The lowest BCUT2D eigenvalue weighted by Gasteiger charge is -2.40. The highest BCUT2D eigenvalue weighted by Crippen LogP contribution is 2.44.